The van der Waals surface area contributed by atoms with Crippen LogP contribution in [0.25, 0.3) is 0 Å². The molecule has 1 saturated carbocycles. The molecule has 96 valence electrons. The summed E-state index contributed by atoms with van der Waals surface area (Å²) in [6.07, 6.45) is 4.57. The lowest BCUT2D eigenvalue weighted by atomic mass is 9.81. The lowest BCUT2D eigenvalue weighted by Crippen LogP contribution is -2.50. The Morgan fingerprint density at radius 1 is 1.41 bits per heavy atom. The Balaban J connectivity index is 1.87. The summed E-state index contributed by atoms with van der Waals surface area (Å²) in [5.74, 6) is 0.408. The fourth-order valence-corrected chi connectivity index (χ4v) is 2.97. The first kappa shape index (κ1) is 12.4. The minimum Gasteiger partial charge on any atom is -0.354 e. The molecule has 2 aliphatic rings. The highest BCUT2D eigenvalue weighted by molar-refractivity contribution is 5.81. The van der Waals surface area contributed by atoms with E-state index in [1.54, 1.807) is 0 Å². The summed E-state index contributed by atoms with van der Waals surface area (Å²) >= 11 is 0. The number of hydrogen-bond donors (Lipinski definition) is 2. The molecule has 4 heteroatoms. The average molecular weight is 238 g/mol. The summed E-state index contributed by atoms with van der Waals surface area (Å²) in [7, 11) is 0. The van der Waals surface area contributed by atoms with Gasteiger partial charge < -0.3 is 10.6 Å². The topological polar surface area (TPSA) is 58.2 Å². The zero-order chi connectivity index (χ0) is 12.5. The summed E-state index contributed by atoms with van der Waals surface area (Å²) in [4.78, 5) is 23.2. The van der Waals surface area contributed by atoms with Crippen LogP contribution >= 0.6 is 0 Å². The molecule has 0 spiro atoms. The van der Waals surface area contributed by atoms with Crippen LogP contribution in [-0.4, -0.2) is 24.4 Å². The molecule has 2 fully saturated rings. The quantitative estimate of drug-likeness (QED) is 0.759. The van der Waals surface area contributed by atoms with Crippen LogP contribution in [0.2, 0.25) is 0 Å². The van der Waals surface area contributed by atoms with Crippen molar-refractivity contribution in [2.75, 3.05) is 6.54 Å². The van der Waals surface area contributed by atoms with Crippen LogP contribution in [-0.2, 0) is 9.59 Å². The molecular formula is C13H22N2O2. The second-order valence-electron chi connectivity index (χ2n) is 5.98. The first-order chi connectivity index (χ1) is 7.99. The van der Waals surface area contributed by atoms with E-state index in [4.69, 9.17) is 0 Å². The Kier molecular flexibility index (Phi) is 3.40. The first-order valence-corrected chi connectivity index (χ1v) is 6.56. The number of piperidine rings is 1. The minimum absolute atomic E-state index is 0.0942. The van der Waals surface area contributed by atoms with Crippen LogP contribution < -0.4 is 10.6 Å². The van der Waals surface area contributed by atoms with Crippen molar-refractivity contribution in [3.05, 3.63) is 0 Å². The monoisotopic (exact) mass is 238 g/mol. The second-order valence-corrected chi connectivity index (χ2v) is 5.98. The van der Waals surface area contributed by atoms with Gasteiger partial charge in [-0.1, -0.05) is 20.3 Å². The van der Waals surface area contributed by atoms with Crippen molar-refractivity contribution in [2.24, 2.45) is 11.3 Å². The molecule has 2 atom stereocenters. The summed E-state index contributed by atoms with van der Waals surface area (Å²) < 4.78 is 0. The molecule has 2 amide bonds. The van der Waals surface area contributed by atoms with Gasteiger partial charge in [0, 0.05) is 24.9 Å². The van der Waals surface area contributed by atoms with Gasteiger partial charge >= 0.3 is 0 Å². The van der Waals surface area contributed by atoms with Crippen molar-refractivity contribution in [3.63, 3.8) is 0 Å². The fraction of sp³-hybridized carbons (Fsp3) is 0.846. The highest BCUT2D eigenvalue weighted by Gasteiger charge is 2.39. The van der Waals surface area contributed by atoms with Gasteiger partial charge in [-0.2, -0.15) is 0 Å². The summed E-state index contributed by atoms with van der Waals surface area (Å²) in [5, 5.41) is 5.88. The van der Waals surface area contributed by atoms with Crippen molar-refractivity contribution in [2.45, 2.75) is 52.0 Å². The summed E-state index contributed by atoms with van der Waals surface area (Å²) in [6, 6.07) is 0.122. The molecule has 0 aromatic heterocycles. The van der Waals surface area contributed by atoms with Gasteiger partial charge in [0.1, 0.15) is 0 Å². The SMILES string of the molecule is CC1(C)CCCC1C(=O)NC1CCC(=O)NC1. The van der Waals surface area contributed by atoms with Crippen molar-refractivity contribution >= 4 is 11.8 Å². The van der Waals surface area contributed by atoms with Crippen molar-refractivity contribution < 1.29 is 9.59 Å². The number of rotatable bonds is 2. The molecule has 1 aliphatic carbocycles. The van der Waals surface area contributed by atoms with Crippen LogP contribution in [0.4, 0.5) is 0 Å². The van der Waals surface area contributed by atoms with Crippen LogP contribution in [0.1, 0.15) is 46.0 Å². The molecule has 0 bridgehead atoms. The van der Waals surface area contributed by atoms with Gasteiger partial charge in [-0.25, -0.2) is 0 Å². The minimum atomic E-state index is 0.0942. The maximum atomic E-state index is 12.2. The molecule has 2 unspecified atom stereocenters. The van der Waals surface area contributed by atoms with E-state index in [0.29, 0.717) is 13.0 Å². The molecule has 1 heterocycles. The Labute approximate surface area is 103 Å². The third kappa shape index (κ3) is 2.79. The van der Waals surface area contributed by atoms with Crippen molar-refractivity contribution in [3.8, 4) is 0 Å². The van der Waals surface area contributed by atoms with E-state index in [0.717, 1.165) is 25.7 Å². The highest BCUT2D eigenvalue weighted by atomic mass is 16.2. The third-order valence-electron chi connectivity index (χ3n) is 4.19. The van der Waals surface area contributed by atoms with E-state index in [-0.39, 0.29) is 29.2 Å². The molecular weight excluding hydrogens is 216 g/mol. The molecule has 2 rings (SSSR count). The van der Waals surface area contributed by atoms with E-state index in [1.165, 1.54) is 0 Å². The number of hydrogen-bond acceptors (Lipinski definition) is 2. The van der Waals surface area contributed by atoms with Crippen LogP contribution in [0.15, 0.2) is 0 Å². The van der Waals surface area contributed by atoms with Crippen LogP contribution in [0.3, 0.4) is 0 Å². The number of nitrogens with one attached hydrogen (secondary N) is 2. The Bertz CT molecular complexity index is 315. The Hall–Kier alpha value is -1.06. The fourth-order valence-electron chi connectivity index (χ4n) is 2.97. The standard InChI is InChI=1S/C13H22N2O2/c1-13(2)7-3-4-10(13)12(17)15-9-5-6-11(16)14-8-9/h9-10H,3-8H2,1-2H3,(H,14,16)(H,15,17). The van der Waals surface area contributed by atoms with Gasteiger partial charge in [-0.05, 0) is 24.7 Å². The van der Waals surface area contributed by atoms with Gasteiger partial charge in [0.2, 0.25) is 11.8 Å². The van der Waals surface area contributed by atoms with Crippen LogP contribution in [0, 0.1) is 11.3 Å². The Morgan fingerprint density at radius 3 is 2.71 bits per heavy atom. The molecule has 4 nitrogen and oxygen atoms in total. The highest BCUT2D eigenvalue weighted by Crippen LogP contribution is 2.42. The maximum absolute atomic E-state index is 12.2. The number of amides is 2. The van der Waals surface area contributed by atoms with Gasteiger partial charge in [-0.15, -0.1) is 0 Å². The van der Waals surface area contributed by atoms with E-state index >= 15 is 0 Å². The zero-order valence-corrected chi connectivity index (χ0v) is 10.7. The van der Waals surface area contributed by atoms with E-state index in [9.17, 15) is 9.59 Å². The molecule has 1 saturated heterocycles. The van der Waals surface area contributed by atoms with Crippen LogP contribution in [0.5, 0.6) is 0 Å². The largest absolute Gasteiger partial charge is 0.354 e. The third-order valence-corrected chi connectivity index (χ3v) is 4.19. The Morgan fingerprint density at radius 2 is 2.18 bits per heavy atom. The van der Waals surface area contributed by atoms with Gasteiger partial charge in [-0.3, -0.25) is 9.59 Å². The smallest absolute Gasteiger partial charge is 0.223 e. The number of carbonyl (C=O) groups excluding carboxylic acids is 2. The maximum Gasteiger partial charge on any atom is 0.223 e. The second kappa shape index (κ2) is 4.67. The van der Waals surface area contributed by atoms with Gasteiger partial charge in [0.15, 0.2) is 0 Å². The van der Waals surface area contributed by atoms with Gasteiger partial charge in [0.05, 0.1) is 0 Å². The molecule has 0 aromatic rings. The molecule has 1 aliphatic heterocycles. The number of carbonyl (C=O) groups is 2. The predicted octanol–water partition coefficient (Wildman–Crippen LogP) is 1.21. The van der Waals surface area contributed by atoms with E-state index in [1.807, 2.05) is 0 Å². The van der Waals surface area contributed by atoms with E-state index < -0.39 is 0 Å². The zero-order valence-electron chi connectivity index (χ0n) is 10.7. The normalized spacial score (nSPS) is 32.0. The van der Waals surface area contributed by atoms with E-state index in [2.05, 4.69) is 24.5 Å². The molecule has 0 radical (unpaired) electrons. The summed E-state index contributed by atoms with van der Waals surface area (Å²) in [5.41, 5.74) is 0.127. The molecule has 0 aromatic carbocycles. The van der Waals surface area contributed by atoms with Crippen molar-refractivity contribution in [1.82, 2.24) is 10.6 Å². The lowest BCUT2D eigenvalue weighted by Gasteiger charge is -2.29. The predicted molar refractivity (Wildman–Crippen MR) is 65.3 cm³/mol. The lowest BCUT2D eigenvalue weighted by molar-refractivity contribution is -0.130. The molecule has 2 N–H and O–H groups in total. The first-order valence-electron chi connectivity index (χ1n) is 6.56. The average Bonchev–Trinajstić information content (AvgIpc) is 2.61. The van der Waals surface area contributed by atoms with Crippen molar-refractivity contribution in [1.29, 1.82) is 0 Å². The summed E-state index contributed by atoms with van der Waals surface area (Å²) in [6.45, 7) is 4.93. The van der Waals surface area contributed by atoms with Gasteiger partial charge in [0.25, 0.3) is 0 Å². The molecule has 17 heavy (non-hydrogen) atoms.